The summed E-state index contributed by atoms with van der Waals surface area (Å²) < 4.78 is 67.2. The Morgan fingerprint density at radius 1 is 0.500 bits per heavy atom. The lowest BCUT2D eigenvalue weighted by atomic mass is 9.44. The molecule has 4 aliphatic carbocycles. The van der Waals surface area contributed by atoms with Crippen molar-refractivity contribution in [1.29, 1.82) is 0 Å². The van der Waals surface area contributed by atoms with Gasteiger partial charge in [0.25, 0.3) is 0 Å². The highest BCUT2D eigenvalue weighted by atomic mass is 16.8. The number of rotatable bonds is 14. The van der Waals surface area contributed by atoms with Crippen molar-refractivity contribution in [3.63, 3.8) is 0 Å². The molecule has 6 fully saturated rings. The molecule has 0 aromatic rings. The molecule has 6 rings (SSSR count). The molecular formula is C47H66O21. The Bertz CT molecular complexity index is 1950. The highest BCUT2D eigenvalue weighted by Crippen LogP contribution is 2.67. The maximum Gasteiger partial charge on any atom is 0.339 e. The summed E-state index contributed by atoms with van der Waals surface area (Å²) in [6, 6.07) is 0. The number of fused-ring (bicyclic) bond motifs is 5. The summed E-state index contributed by atoms with van der Waals surface area (Å²) in [5.74, 6) is -6.10. The molecule has 0 aromatic carbocycles. The zero-order chi connectivity index (χ0) is 50.0. The van der Waals surface area contributed by atoms with Crippen LogP contribution < -0.4 is 0 Å². The fourth-order valence-corrected chi connectivity index (χ4v) is 12.7. The molecule has 0 amide bonds. The van der Waals surface area contributed by atoms with Crippen LogP contribution in [0.15, 0.2) is 0 Å². The molecule has 380 valence electrons. The van der Waals surface area contributed by atoms with Crippen LogP contribution in [0, 0.1) is 40.4 Å². The zero-order valence-electron chi connectivity index (χ0n) is 40.4. The smallest absolute Gasteiger partial charge is 0.339 e. The van der Waals surface area contributed by atoms with Crippen molar-refractivity contribution in [2.75, 3.05) is 20.8 Å². The van der Waals surface area contributed by atoms with Gasteiger partial charge in [-0.05, 0) is 92.3 Å². The van der Waals surface area contributed by atoms with Gasteiger partial charge in [-0.3, -0.25) is 33.6 Å². The molecule has 2 aliphatic heterocycles. The Hall–Kier alpha value is -4.73. The minimum Gasteiger partial charge on any atom is -0.467 e. The van der Waals surface area contributed by atoms with E-state index in [-0.39, 0.29) is 34.4 Å². The maximum absolute atomic E-state index is 14.3. The van der Waals surface area contributed by atoms with Crippen molar-refractivity contribution >= 4 is 53.5 Å². The Morgan fingerprint density at radius 3 is 1.44 bits per heavy atom. The number of methoxy groups -OCH3 is 2. The first-order chi connectivity index (χ1) is 32.0. The molecule has 0 unspecified atom stereocenters. The van der Waals surface area contributed by atoms with Crippen molar-refractivity contribution in [2.24, 2.45) is 40.4 Å². The van der Waals surface area contributed by atoms with Crippen LogP contribution in [0.25, 0.3) is 0 Å². The summed E-state index contributed by atoms with van der Waals surface area (Å²) in [5, 5.41) is 0. The molecule has 0 bridgehead atoms. The topological polar surface area (TPSA) is 264 Å². The summed E-state index contributed by atoms with van der Waals surface area (Å²) in [5.41, 5.74) is -0.429. The molecule has 0 aromatic heterocycles. The van der Waals surface area contributed by atoms with E-state index in [1.807, 2.05) is 0 Å². The molecule has 0 N–H and O–H groups in total. The highest BCUT2D eigenvalue weighted by molar-refractivity contribution is 5.83. The van der Waals surface area contributed by atoms with Crippen LogP contribution in [0.1, 0.15) is 113 Å². The van der Waals surface area contributed by atoms with Gasteiger partial charge < -0.3 is 56.8 Å². The standard InChI is InChI=1S/C47H66O21/c1-21(48)60-34-36(62-23(3)50)40(64-25(5)52)44(67-38(34)42(55)57-9)59-20-33(54)32-14-13-30-29-12-11-27-19-28(15-17-46(27,7)31(29)16-18-47(30,32)8)66-45-41(65-26(6)53)37(63-24(4)51)35(61-22(2)49)39(68-45)43(56)58-10/h27-32,34-41,44-45H,11-20H2,1-10H3/t27-,28-,29+,30-,31+,32+,34-,35+,36-,37+,38-,39-,40+,41-,44+,45-,46-,47+/m1/s1. The third kappa shape index (κ3) is 11.0. The van der Waals surface area contributed by atoms with Gasteiger partial charge in [0, 0.05) is 47.5 Å². The summed E-state index contributed by atoms with van der Waals surface area (Å²) in [6.07, 6.45) is -8.57. The summed E-state index contributed by atoms with van der Waals surface area (Å²) >= 11 is 0. The number of ketones is 1. The second kappa shape index (κ2) is 21.5. The molecule has 68 heavy (non-hydrogen) atoms. The van der Waals surface area contributed by atoms with Crippen LogP contribution in [-0.4, -0.2) is 142 Å². The third-order valence-electron chi connectivity index (χ3n) is 15.4. The predicted molar refractivity (Wildman–Crippen MR) is 226 cm³/mol. The number of esters is 8. The Balaban J connectivity index is 1.14. The van der Waals surface area contributed by atoms with Gasteiger partial charge in [0.05, 0.1) is 20.3 Å². The Morgan fingerprint density at radius 2 is 0.941 bits per heavy atom. The van der Waals surface area contributed by atoms with E-state index in [1.165, 1.54) is 0 Å². The van der Waals surface area contributed by atoms with Gasteiger partial charge in [0.1, 0.15) is 6.61 Å². The highest BCUT2D eigenvalue weighted by Gasteiger charge is 2.63. The number of carbonyl (C=O) groups is 9. The van der Waals surface area contributed by atoms with E-state index in [1.54, 1.807) is 0 Å². The molecule has 18 atom stereocenters. The summed E-state index contributed by atoms with van der Waals surface area (Å²) in [7, 11) is 2.22. The van der Waals surface area contributed by atoms with Crippen LogP contribution in [0.3, 0.4) is 0 Å². The lowest BCUT2D eigenvalue weighted by Gasteiger charge is -2.61. The largest absolute Gasteiger partial charge is 0.467 e. The van der Waals surface area contributed by atoms with E-state index in [4.69, 9.17) is 56.8 Å². The first-order valence-corrected chi connectivity index (χ1v) is 23.3. The van der Waals surface area contributed by atoms with Crippen LogP contribution >= 0.6 is 0 Å². The van der Waals surface area contributed by atoms with Gasteiger partial charge in [-0.2, -0.15) is 0 Å². The first kappa shape index (κ1) is 52.6. The van der Waals surface area contributed by atoms with Crippen LogP contribution in [-0.2, 0) is 100.0 Å². The number of carbonyl (C=O) groups excluding carboxylic acids is 9. The summed E-state index contributed by atoms with van der Waals surface area (Å²) in [6.45, 7) is 10.7. The number of Topliss-reactive ketones (excluding diaryl/α,β-unsaturated/α-hetero) is 1. The van der Waals surface area contributed by atoms with E-state index in [0.29, 0.717) is 31.1 Å². The second-order valence-electron chi connectivity index (χ2n) is 19.5. The molecular weight excluding hydrogens is 900 g/mol. The van der Waals surface area contributed by atoms with Crippen molar-refractivity contribution < 1.29 is 100.0 Å². The first-order valence-electron chi connectivity index (χ1n) is 23.3. The van der Waals surface area contributed by atoms with Crippen molar-refractivity contribution in [3.05, 3.63) is 0 Å². The SMILES string of the molecule is COC(=O)[C@@H]1O[C@H](OCC(=O)[C@@H]2CC[C@@H]3[C@@H]4CC[C@@H]5C[C@H](O[C@@H]6O[C@@H](C(=O)OC)[C@@H](OC(C)=O)[C@H](OC(C)=O)[C@H]6OC(C)=O)CC[C@@]5(C)[C@H]4CC[C@@]32C)[C@@H](OC(C)=O)[C@H](OC(C)=O)[C@H]1OC(C)=O. The summed E-state index contributed by atoms with van der Waals surface area (Å²) in [4.78, 5) is 114. The lowest BCUT2D eigenvalue weighted by Crippen LogP contribution is -2.64. The maximum atomic E-state index is 14.3. The van der Waals surface area contributed by atoms with Gasteiger partial charge >= 0.3 is 47.8 Å². The lowest BCUT2D eigenvalue weighted by molar-refractivity contribution is -0.315. The minimum atomic E-state index is -1.65. The average Bonchev–Trinajstić information content (AvgIpc) is 3.62. The van der Waals surface area contributed by atoms with E-state index in [0.717, 1.165) is 94.3 Å². The van der Waals surface area contributed by atoms with Gasteiger partial charge in [-0.15, -0.1) is 0 Å². The zero-order valence-corrected chi connectivity index (χ0v) is 40.4. The molecule has 0 radical (unpaired) electrons. The fourth-order valence-electron chi connectivity index (χ4n) is 12.7. The fraction of sp³-hybridized carbons (Fsp3) is 0.809. The number of ether oxygens (including phenoxy) is 12. The normalized spacial score (nSPS) is 39.5. The minimum absolute atomic E-state index is 0.0735. The quantitative estimate of drug-likeness (QED) is 0.138. The van der Waals surface area contributed by atoms with Gasteiger partial charge in [-0.1, -0.05) is 13.8 Å². The van der Waals surface area contributed by atoms with Crippen molar-refractivity contribution in [1.82, 2.24) is 0 Å². The van der Waals surface area contributed by atoms with Crippen molar-refractivity contribution in [3.8, 4) is 0 Å². The van der Waals surface area contributed by atoms with Gasteiger partial charge in [0.2, 0.25) is 0 Å². The number of hydrogen-bond acceptors (Lipinski definition) is 21. The third-order valence-corrected chi connectivity index (χ3v) is 15.4. The Labute approximate surface area is 394 Å². The van der Waals surface area contributed by atoms with Crippen LogP contribution in [0.2, 0.25) is 0 Å². The molecule has 21 heteroatoms. The molecule has 4 saturated carbocycles. The van der Waals surface area contributed by atoms with Crippen LogP contribution in [0.5, 0.6) is 0 Å². The van der Waals surface area contributed by atoms with E-state index in [9.17, 15) is 43.2 Å². The predicted octanol–water partition coefficient (Wildman–Crippen LogP) is 3.00. The van der Waals surface area contributed by atoms with Gasteiger partial charge in [0.15, 0.2) is 67.2 Å². The Kier molecular flexibility index (Phi) is 16.6. The van der Waals surface area contributed by atoms with E-state index in [2.05, 4.69) is 13.8 Å². The second-order valence-corrected chi connectivity index (χ2v) is 19.5. The molecule has 2 heterocycles. The monoisotopic (exact) mass is 966 g/mol. The number of hydrogen-bond donors (Lipinski definition) is 0. The molecule has 0 spiro atoms. The van der Waals surface area contributed by atoms with Gasteiger partial charge in [-0.25, -0.2) is 9.59 Å². The molecule has 21 nitrogen and oxygen atoms in total. The van der Waals surface area contributed by atoms with E-state index < -0.39 is 122 Å². The van der Waals surface area contributed by atoms with Crippen LogP contribution in [0.4, 0.5) is 0 Å². The molecule has 2 saturated heterocycles. The average molecular weight is 967 g/mol. The molecule has 6 aliphatic rings. The van der Waals surface area contributed by atoms with Crippen molar-refractivity contribution in [2.45, 2.75) is 181 Å². The van der Waals surface area contributed by atoms with E-state index >= 15 is 0 Å².